The fraction of sp³-hybridized carbons (Fsp3) is 0.333. The maximum Gasteiger partial charge on any atom is 0.305 e. The van der Waals surface area contributed by atoms with Crippen molar-refractivity contribution in [2.75, 3.05) is 13.7 Å². The second kappa shape index (κ2) is 7.10. The predicted octanol–water partition coefficient (Wildman–Crippen LogP) is 1.04. The van der Waals surface area contributed by atoms with E-state index in [4.69, 9.17) is 0 Å². The Bertz CT molecular complexity index is 499. The standard InChI is InChI=1S/C12H14N2O5/c1-19-12(16)3-2-6-13-8-9-7-10(14(17)18)4-5-11(9)15/h4-5,7-8,15H,2-3,6H2,1H3/p-1. The number of nitrogens with zero attached hydrogens (tertiary/aromatic N) is 2. The van der Waals surface area contributed by atoms with Crippen LogP contribution in [0.25, 0.3) is 0 Å². The molecule has 0 aromatic heterocycles. The number of non-ortho nitro benzene ring substituents is 1. The van der Waals surface area contributed by atoms with Crippen LogP contribution in [0.5, 0.6) is 5.75 Å². The minimum atomic E-state index is -0.575. The molecule has 0 saturated carbocycles. The Hall–Kier alpha value is -2.44. The first-order valence-corrected chi connectivity index (χ1v) is 5.56. The first-order valence-electron chi connectivity index (χ1n) is 5.56. The van der Waals surface area contributed by atoms with Gasteiger partial charge in [-0.3, -0.25) is 19.9 Å². The van der Waals surface area contributed by atoms with Gasteiger partial charge in [-0.2, -0.15) is 0 Å². The summed E-state index contributed by atoms with van der Waals surface area (Å²) < 4.78 is 4.46. The Morgan fingerprint density at radius 2 is 2.26 bits per heavy atom. The van der Waals surface area contributed by atoms with Gasteiger partial charge in [0.1, 0.15) is 0 Å². The van der Waals surface area contributed by atoms with Crippen LogP contribution in [-0.4, -0.2) is 30.8 Å². The Balaban J connectivity index is 2.58. The molecular weight excluding hydrogens is 252 g/mol. The largest absolute Gasteiger partial charge is 0.872 e. The lowest BCUT2D eigenvalue weighted by Gasteiger charge is -2.08. The fourth-order valence-electron chi connectivity index (χ4n) is 1.33. The molecule has 0 N–H and O–H groups in total. The number of esters is 1. The molecule has 0 amide bonds. The molecular formula is C12H13N2O5-. The highest BCUT2D eigenvalue weighted by Gasteiger charge is 2.05. The Morgan fingerprint density at radius 1 is 1.53 bits per heavy atom. The monoisotopic (exact) mass is 265 g/mol. The topological polar surface area (TPSA) is 105 Å². The van der Waals surface area contributed by atoms with E-state index in [1.807, 2.05) is 0 Å². The average molecular weight is 265 g/mol. The minimum Gasteiger partial charge on any atom is -0.872 e. The van der Waals surface area contributed by atoms with Crippen molar-refractivity contribution in [2.24, 2.45) is 4.99 Å². The first-order chi connectivity index (χ1) is 9.04. The summed E-state index contributed by atoms with van der Waals surface area (Å²) in [5, 5.41) is 22.0. The van der Waals surface area contributed by atoms with Crippen LogP contribution in [0.1, 0.15) is 18.4 Å². The number of hydrogen-bond acceptors (Lipinski definition) is 6. The normalized spacial score (nSPS) is 10.6. The Kier molecular flexibility index (Phi) is 5.46. The number of methoxy groups -OCH3 is 1. The van der Waals surface area contributed by atoms with Crippen molar-refractivity contribution in [2.45, 2.75) is 12.8 Å². The van der Waals surface area contributed by atoms with E-state index < -0.39 is 4.92 Å². The number of ether oxygens (including phenoxy) is 1. The van der Waals surface area contributed by atoms with Crippen molar-refractivity contribution < 1.29 is 19.6 Å². The Morgan fingerprint density at radius 3 is 2.89 bits per heavy atom. The van der Waals surface area contributed by atoms with Gasteiger partial charge in [-0.15, -0.1) is 0 Å². The number of nitro benzene ring substituents is 1. The number of aliphatic imine (C=N–C) groups is 1. The van der Waals surface area contributed by atoms with E-state index in [2.05, 4.69) is 9.73 Å². The summed E-state index contributed by atoms with van der Waals surface area (Å²) >= 11 is 0. The van der Waals surface area contributed by atoms with Gasteiger partial charge in [0.25, 0.3) is 5.69 Å². The van der Waals surface area contributed by atoms with Crippen molar-refractivity contribution in [3.63, 3.8) is 0 Å². The minimum absolute atomic E-state index is 0.157. The van der Waals surface area contributed by atoms with E-state index in [1.54, 1.807) is 0 Å². The van der Waals surface area contributed by atoms with Crippen LogP contribution < -0.4 is 5.11 Å². The molecule has 0 saturated heterocycles. The van der Waals surface area contributed by atoms with Crippen molar-refractivity contribution in [1.82, 2.24) is 0 Å². The number of carbonyl (C=O) groups excluding carboxylic acids is 1. The summed E-state index contributed by atoms with van der Waals surface area (Å²) in [6, 6.07) is 3.46. The van der Waals surface area contributed by atoms with E-state index in [0.717, 1.165) is 12.1 Å². The third kappa shape index (κ3) is 4.74. The molecule has 0 aliphatic heterocycles. The van der Waals surface area contributed by atoms with E-state index in [1.165, 1.54) is 19.4 Å². The van der Waals surface area contributed by atoms with E-state index in [0.29, 0.717) is 13.0 Å². The van der Waals surface area contributed by atoms with Gasteiger partial charge < -0.3 is 9.84 Å². The summed E-state index contributed by atoms with van der Waals surface area (Å²) in [5.41, 5.74) is 0.00267. The molecule has 19 heavy (non-hydrogen) atoms. The van der Waals surface area contributed by atoms with Gasteiger partial charge in [-0.1, -0.05) is 11.8 Å². The molecule has 0 spiro atoms. The molecule has 0 aliphatic carbocycles. The van der Waals surface area contributed by atoms with Crippen molar-refractivity contribution in [3.8, 4) is 5.75 Å². The second-order valence-electron chi connectivity index (χ2n) is 3.69. The number of nitro groups is 1. The highest BCUT2D eigenvalue weighted by Crippen LogP contribution is 2.19. The molecule has 102 valence electrons. The molecule has 0 bridgehead atoms. The van der Waals surface area contributed by atoms with Gasteiger partial charge in [0.2, 0.25) is 0 Å². The predicted molar refractivity (Wildman–Crippen MR) is 66.3 cm³/mol. The third-order valence-corrected chi connectivity index (χ3v) is 2.33. The van der Waals surface area contributed by atoms with Gasteiger partial charge >= 0.3 is 5.97 Å². The van der Waals surface area contributed by atoms with Crippen molar-refractivity contribution in [3.05, 3.63) is 33.9 Å². The fourth-order valence-corrected chi connectivity index (χ4v) is 1.33. The van der Waals surface area contributed by atoms with Gasteiger partial charge in [0.05, 0.1) is 12.0 Å². The maximum absolute atomic E-state index is 11.4. The molecule has 0 atom stereocenters. The molecule has 1 rings (SSSR count). The smallest absolute Gasteiger partial charge is 0.305 e. The van der Waals surface area contributed by atoms with Crippen molar-refractivity contribution in [1.29, 1.82) is 0 Å². The molecule has 7 heteroatoms. The van der Waals surface area contributed by atoms with Gasteiger partial charge in [0.15, 0.2) is 0 Å². The molecule has 0 unspecified atom stereocenters. The number of hydrogen-bond donors (Lipinski definition) is 0. The summed E-state index contributed by atoms with van der Waals surface area (Å²) in [4.78, 5) is 24.8. The quantitative estimate of drug-likeness (QED) is 0.251. The third-order valence-electron chi connectivity index (χ3n) is 2.33. The lowest BCUT2D eigenvalue weighted by Crippen LogP contribution is -2.01. The van der Waals surface area contributed by atoms with E-state index in [-0.39, 0.29) is 29.4 Å². The highest BCUT2D eigenvalue weighted by atomic mass is 16.6. The lowest BCUT2D eigenvalue weighted by molar-refractivity contribution is -0.385. The van der Waals surface area contributed by atoms with Gasteiger partial charge in [-0.05, 0) is 12.0 Å². The molecule has 7 nitrogen and oxygen atoms in total. The zero-order valence-corrected chi connectivity index (χ0v) is 10.4. The molecule has 0 fully saturated rings. The van der Waals surface area contributed by atoms with E-state index >= 15 is 0 Å². The summed E-state index contributed by atoms with van der Waals surface area (Å²) in [7, 11) is 1.30. The zero-order valence-electron chi connectivity index (χ0n) is 10.4. The Labute approximate surface area is 109 Å². The first kappa shape index (κ1) is 14.6. The molecule has 0 heterocycles. The summed E-state index contributed by atoms with van der Waals surface area (Å²) in [6.07, 6.45) is 2.02. The zero-order chi connectivity index (χ0) is 14.3. The molecule has 1 aromatic rings. The summed E-state index contributed by atoms with van der Waals surface area (Å²) in [5.74, 6) is -0.655. The lowest BCUT2D eigenvalue weighted by atomic mass is 10.2. The van der Waals surface area contributed by atoms with Crippen LogP contribution in [0.4, 0.5) is 5.69 Å². The maximum atomic E-state index is 11.4. The SMILES string of the molecule is COC(=O)CCCN=Cc1cc([N+](=O)[O-])ccc1[O-]. The molecule has 1 aromatic carbocycles. The van der Waals surface area contributed by atoms with Gasteiger partial charge in [-0.25, -0.2) is 0 Å². The number of benzene rings is 1. The molecule has 0 radical (unpaired) electrons. The van der Waals surface area contributed by atoms with Crippen LogP contribution in [0, 0.1) is 10.1 Å². The number of carbonyl (C=O) groups is 1. The van der Waals surface area contributed by atoms with E-state index in [9.17, 15) is 20.0 Å². The summed E-state index contributed by atoms with van der Waals surface area (Å²) in [6.45, 7) is 0.344. The van der Waals surface area contributed by atoms with Crippen LogP contribution in [0.3, 0.4) is 0 Å². The molecule has 0 aliphatic rings. The van der Waals surface area contributed by atoms with Gasteiger partial charge in [0, 0.05) is 31.3 Å². The van der Waals surface area contributed by atoms with Crippen molar-refractivity contribution >= 4 is 17.9 Å². The van der Waals surface area contributed by atoms with Crippen LogP contribution in [0.15, 0.2) is 23.2 Å². The van der Waals surface area contributed by atoms with Crippen LogP contribution >= 0.6 is 0 Å². The average Bonchev–Trinajstić information content (AvgIpc) is 2.39. The van der Waals surface area contributed by atoms with Crippen LogP contribution in [-0.2, 0) is 9.53 Å². The second-order valence-corrected chi connectivity index (χ2v) is 3.69. The number of rotatable bonds is 6. The van der Waals surface area contributed by atoms with Crippen LogP contribution in [0.2, 0.25) is 0 Å². The highest BCUT2D eigenvalue weighted by molar-refractivity contribution is 5.84.